The molecule has 0 heterocycles. The van der Waals surface area contributed by atoms with Gasteiger partial charge in [0.2, 0.25) is 0 Å². The summed E-state index contributed by atoms with van der Waals surface area (Å²) in [7, 11) is 1.97. The smallest absolute Gasteiger partial charge is 0.123 e. The van der Waals surface area contributed by atoms with Gasteiger partial charge in [0.25, 0.3) is 0 Å². The van der Waals surface area contributed by atoms with Crippen molar-refractivity contribution in [2.75, 3.05) is 7.05 Å². The van der Waals surface area contributed by atoms with Gasteiger partial charge in [0.05, 0.1) is 0 Å². The summed E-state index contributed by atoms with van der Waals surface area (Å²) in [6, 6.07) is 5.54. The second kappa shape index (κ2) is 3.70. The second-order valence-corrected chi connectivity index (χ2v) is 4.13. The van der Waals surface area contributed by atoms with E-state index < -0.39 is 0 Å². The fourth-order valence-corrected chi connectivity index (χ4v) is 2.39. The van der Waals surface area contributed by atoms with E-state index in [0.29, 0.717) is 12.0 Å². The molecule has 0 radical (unpaired) electrons. The molecule has 0 aromatic heterocycles. The van der Waals surface area contributed by atoms with Crippen LogP contribution in [0, 0.1) is 11.7 Å². The molecule has 0 fully saturated rings. The summed E-state index contributed by atoms with van der Waals surface area (Å²) < 4.78 is 13.0. The molecule has 0 spiro atoms. The van der Waals surface area contributed by atoms with Crippen LogP contribution in [-0.4, -0.2) is 7.05 Å². The van der Waals surface area contributed by atoms with Crippen molar-refractivity contribution >= 4 is 0 Å². The van der Waals surface area contributed by atoms with Crippen LogP contribution in [0.5, 0.6) is 0 Å². The SMILES string of the molecule is CNC1c2ccc(F)cc2CCC1C. The van der Waals surface area contributed by atoms with E-state index in [0.717, 1.165) is 12.8 Å². The third-order valence-corrected chi connectivity index (χ3v) is 3.19. The number of benzene rings is 1. The predicted octanol–water partition coefficient (Wildman–Crippen LogP) is 2.67. The van der Waals surface area contributed by atoms with Crippen LogP contribution in [0.1, 0.15) is 30.5 Å². The highest BCUT2D eigenvalue weighted by atomic mass is 19.1. The number of hydrogen-bond donors (Lipinski definition) is 1. The van der Waals surface area contributed by atoms with Crippen molar-refractivity contribution in [1.82, 2.24) is 5.32 Å². The maximum absolute atomic E-state index is 13.0. The Bertz CT molecular complexity index is 335. The first-order valence-corrected chi connectivity index (χ1v) is 5.18. The average Bonchev–Trinajstić information content (AvgIpc) is 2.18. The highest BCUT2D eigenvalue weighted by Gasteiger charge is 2.24. The topological polar surface area (TPSA) is 12.0 Å². The standard InChI is InChI=1S/C12H16FN/c1-8-3-4-9-7-10(13)5-6-11(9)12(8)14-2/h5-8,12,14H,3-4H2,1-2H3. The van der Waals surface area contributed by atoms with E-state index in [-0.39, 0.29) is 5.82 Å². The van der Waals surface area contributed by atoms with Crippen LogP contribution in [0.25, 0.3) is 0 Å². The van der Waals surface area contributed by atoms with Gasteiger partial charge in [-0.25, -0.2) is 4.39 Å². The molecular formula is C12H16FN. The Morgan fingerprint density at radius 2 is 2.21 bits per heavy atom. The van der Waals surface area contributed by atoms with Gasteiger partial charge in [-0.15, -0.1) is 0 Å². The average molecular weight is 193 g/mol. The molecule has 2 atom stereocenters. The lowest BCUT2D eigenvalue weighted by Gasteiger charge is -2.31. The van der Waals surface area contributed by atoms with E-state index >= 15 is 0 Å². The number of halogens is 1. The Morgan fingerprint density at radius 1 is 1.43 bits per heavy atom. The minimum absolute atomic E-state index is 0.117. The Hall–Kier alpha value is -0.890. The molecule has 76 valence electrons. The van der Waals surface area contributed by atoms with Crippen LogP contribution in [0.3, 0.4) is 0 Å². The van der Waals surface area contributed by atoms with Gasteiger partial charge in [0.1, 0.15) is 5.82 Å². The van der Waals surface area contributed by atoms with Crippen LogP contribution in [0.2, 0.25) is 0 Å². The number of hydrogen-bond acceptors (Lipinski definition) is 1. The molecule has 2 unspecified atom stereocenters. The summed E-state index contributed by atoms with van der Waals surface area (Å²) in [6.07, 6.45) is 2.15. The van der Waals surface area contributed by atoms with Gasteiger partial charge >= 0.3 is 0 Å². The van der Waals surface area contributed by atoms with E-state index in [9.17, 15) is 4.39 Å². The molecule has 0 bridgehead atoms. The first-order valence-electron chi connectivity index (χ1n) is 5.18. The quantitative estimate of drug-likeness (QED) is 0.723. The zero-order valence-corrected chi connectivity index (χ0v) is 8.68. The number of rotatable bonds is 1. The van der Waals surface area contributed by atoms with Crippen molar-refractivity contribution in [3.8, 4) is 0 Å². The molecular weight excluding hydrogens is 177 g/mol. The van der Waals surface area contributed by atoms with Crippen LogP contribution < -0.4 is 5.32 Å². The van der Waals surface area contributed by atoms with E-state index in [2.05, 4.69) is 12.2 Å². The van der Waals surface area contributed by atoms with E-state index in [1.165, 1.54) is 11.1 Å². The summed E-state index contributed by atoms with van der Waals surface area (Å²) in [5.41, 5.74) is 2.44. The molecule has 2 rings (SSSR count). The Balaban J connectivity index is 2.41. The molecule has 0 aliphatic heterocycles. The van der Waals surface area contributed by atoms with Crippen LogP contribution >= 0.6 is 0 Å². The first kappa shape index (κ1) is 9.66. The van der Waals surface area contributed by atoms with Gasteiger partial charge in [0.15, 0.2) is 0 Å². The highest BCUT2D eigenvalue weighted by molar-refractivity contribution is 5.33. The van der Waals surface area contributed by atoms with Gasteiger partial charge in [-0.1, -0.05) is 13.0 Å². The molecule has 1 aromatic carbocycles. The first-order chi connectivity index (χ1) is 6.72. The lowest BCUT2D eigenvalue weighted by Crippen LogP contribution is -2.28. The molecule has 1 aromatic rings. The van der Waals surface area contributed by atoms with E-state index in [1.807, 2.05) is 13.1 Å². The van der Waals surface area contributed by atoms with Crippen molar-refractivity contribution in [1.29, 1.82) is 0 Å². The lowest BCUT2D eigenvalue weighted by molar-refractivity contribution is 0.363. The van der Waals surface area contributed by atoms with Crippen molar-refractivity contribution < 1.29 is 4.39 Å². The van der Waals surface area contributed by atoms with Crippen LogP contribution in [-0.2, 0) is 6.42 Å². The Kier molecular flexibility index (Phi) is 2.55. The van der Waals surface area contributed by atoms with E-state index in [1.54, 1.807) is 12.1 Å². The number of nitrogens with one attached hydrogen (secondary N) is 1. The van der Waals surface area contributed by atoms with Gasteiger partial charge in [-0.3, -0.25) is 0 Å². The highest BCUT2D eigenvalue weighted by Crippen LogP contribution is 2.33. The molecule has 0 saturated heterocycles. The molecule has 0 saturated carbocycles. The molecule has 1 N–H and O–H groups in total. The Morgan fingerprint density at radius 3 is 2.93 bits per heavy atom. The van der Waals surface area contributed by atoms with Gasteiger partial charge in [-0.2, -0.15) is 0 Å². The van der Waals surface area contributed by atoms with Crippen molar-refractivity contribution in [2.45, 2.75) is 25.8 Å². The molecule has 0 amide bonds. The maximum Gasteiger partial charge on any atom is 0.123 e. The summed E-state index contributed by atoms with van der Waals surface area (Å²) in [5, 5.41) is 3.31. The summed E-state index contributed by atoms with van der Waals surface area (Å²) >= 11 is 0. The maximum atomic E-state index is 13.0. The second-order valence-electron chi connectivity index (χ2n) is 4.13. The summed E-state index contributed by atoms with van der Waals surface area (Å²) in [5.74, 6) is 0.520. The Labute approximate surface area is 84.3 Å². The third-order valence-electron chi connectivity index (χ3n) is 3.19. The molecule has 14 heavy (non-hydrogen) atoms. The fourth-order valence-electron chi connectivity index (χ4n) is 2.39. The van der Waals surface area contributed by atoms with E-state index in [4.69, 9.17) is 0 Å². The molecule has 1 aliphatic carbocycles. The minimum Gasteiger partial charge on any atom is -0.313 e. The zero-order valence-electron chi connectivity index (χ0n) is 8.68. The zero-order chi connectivity index (χ0) is 10.1. The number of aryl methyl sites for hydroxylation is 1. The molecule has 2 heteroatoms. The molecule has 1 aliphatic rings. The van der Waals surface area contributed by atoms with Crippen molar-refractivity contribution in [2.24, 2.45) is 5.92 Å². The number of fused-ring (bicyclic) bond motifs is 1. The van der Waals surface area contributed by atoms with Gasteiger partial charge in [-0.05, 0) is 49.1 Å². The minimum atomic E-state index is -0.117. The fraction of sp³-hybridized carbons (Fsp3) is 0.500. The largest absolute Gasteiger partial charge is 0.313 e. The molecule has 1 nitrogen and oxygen atoms in total. The van der Waals surface area contributed by atoms with Gasteiger partial charge < -0.3 is 5.32 Å². The normalized spacial score (nSPS) is 25.9. The van der Waals surface area contributed by atoms with Crippen LogP contribution in [0.4, 0.5) is 4.39 Å². The van der Waals surface area contributed by atoms with Crippen molar-refractivity contribution in [3.63, 3.8) is 0 Å². The summed E-state index contributed by atoms with van der Waals surface area (Å²) in [6.45, 7) is 2.24. The summed E-state index contributed by atoms with van der Waals surface area (Å²) in [4.78, 5) is 0. The van der Waals surface area contributed by atoms with Crippen LogP contribution in [0.15, 0.2) is 18.2 Å². The van der Waals surface area contributed by atoms with Gasteiger partial charge in [0, 0.05) is 6.04 Å². The van der Waals surface area contributed by atoms with Crippen molar-refractivity contribution in [3.05, 3.63) is 35.1 Å². The predicted molar refractivity (Wildman–Crippen MR) is 55.7 cm³/mol. The lowest BCUT2D eigenvalue weighted by atomic mass is 9.81. The monoisotopic (exact) mass is 193 g/mol. The third kappa shape index (κ3) is 1.55.